The summed E-state index contributed by atoms with van der Waals surface area (Å²) < 4.78 is 0. The predicted molar refractivity (Wildman–Crippen MR) is 77.9 cm³/mol. The molecule has 3 rings (SSSR count). The van der Waals surface area contributed by atoms with E-state index >= 15 is 0 Å². The Balaban J connectivity index is 1.62. The Morgan fingerprint density at radius 1 is 1.24 bits per heavy atom. The third-order valence-electron chi connectivity index (χ3n) is 3.56. The molecule has 110 valence electrons. The standard InChI is InChI=1S/C14H17N5O2/c20-12(19-7-5-15-6-8-19)9-16-14(21)13-10-3-1-2-4-11(10)17-18-13/h1-4,15H,5-9H2,(H,16,21)(H,17,18). The highest BCUT2D eigenvalue weighted by Crippen LogP contribution is 2.14. The van der Waals surface area contributed by atoms with Gasteiger partial charge in [-0.3, -0.25) is 14.7 Å². The van der Waals surface area contributed by atoms with E-state index in [4.69, 9.17) is 0 Å². The van der Waals surface area contributed by atoms with Crippen LogP contribution in [-0.2, 0) is 4.79 Å². The topological polar surface area (TPSA) is 90.1 Å². The second-order valence-electron chi connectivity index (χ2n) is 4.93. The zero-order chi connectivity index (χ0) is 14.7. The number of aromatic nitrogens is 2. The molecule has 0 atom stereocenters. The van der Waals surface area contributed by atoms with Gasteiger partial charge in [-0.2, -0.15) is 5.10 Å². The lowest BCUT2D eigenvalue weighted by Crippen LogP contribution is -2.49. The summed E-state index contributed by atoms with van der Waals surface area (Å²) in [6.07, 6.45) is 0. The molecular weight excluding hydrogens is 270 g/mol. The van der Waals surface area contributed by atoms with Crippen LogP contribution in [0.15, 0.2) is 24.3 Å². The van der Waals surface area contributed by atoms with Crippen LogP contribution in [0.5, 0.6) is 0 Å². The SMILES string of the molecule is O=C(NCC(=O)N1CCNCC1)c1n[nH]c2ccccc12. The van der Waals surface area contributed by atoms with Crippen molar-refractivity contribution in [1.82, 2.24) is 25.7 Å². The molecule has 1 aliphatic rings. The number of nitrogens with one attached hydrogen (secondary N) is 3. The van der Waals surface area contributed by atoms with Crippen molar-refractivity contribution in [3.8, 4) is 0 Å². The number of rotatable bonds is 3. The molecule has 21 heavy (non-hydrogen) atoms. The van der Waals surface area contributed by atoms with E-state index in [1.807, 2.05) is 24.3 Å². The molecule has 0 aliphatic carbocycles. The van der Waals surface area contributed by atoms with Crippen molar-refractivity contribution in [3.05, 3.63) is 30.0 Å². The molecule has 1 aliphatic heterocycles. The van der Waals surface area contributed by atoms with Crippen LogP contribution in [0.25, 0.3) is 10.9 Å². The number of fused-ring (bicyclic) bond motifs is 1. The van der Waals surface area contributed by atoms with E-state index in [0.29, 0.717) is 18.8 Å². The molecule has 3 N–H and O–H groups in total. The number of H-pyrrole nitrogens is 1. The Bertz CT molecular complexity index is 660. The van der Waals surface area contributed by atoms with Gasteiger partial charge in [0.25, 0.3) is 5.91 Å². The molecule has 0 bridgehead atoms. The summed E-state index contributed by atoms with van der Waals surface area (Å²) in [6.45, 7) is 2.95. The molecule has 0 unspecified atom stereocenters. The Morgan fingerprint density at radius 3 is 2.81 bits per heavy atom. The Hall–Kier alpha value is -2.41. The smallest absolute Gasteiger partial charge is 0.272 e. The van der Waals surface area contributed by atoms with Gasteiger partial charge in [0.1, 0.15) is 0 Å². The van der Waals surface area contributed by atoms with Crippen molar-refractivity contribution in [1.29, 1.82) is 0 Å². The van der Waals surface area contributed by atoms with Crippen LogP contribution in [0.1, 0.15) is 10.5 Å². The monoisotopic (exact) mass is 287 g/mol. The van der Waals surface area contributed by atoms with Crippen molar-refractivity contribution in [3.63, 3.8) is 0 Å². The molecule has 7 nitrogen and oxygen atoms in total. The molecule has 7 heteroatoms. The maximum Gasteiger partial charge on any atom is 0.272 e. The predicted octanol–water partition coefficient (Wildman–Crippen LogP) is -0.275. The van der Waals surface area contributed by atoms with Crippen LogP contribution in [0.2, 0.25) is 0 Å². The number of piperazine rings is 1. The minimum Gasteiger partial charge on any atom is -0.342 e. The first kappa shape index (κ1) is 13.6. The third-order valence-corrected chi connectivity index (χ3v) is 3.56. The minimum absolute atomic E-state index is 0.0000201. The van der Waals surface area contributed by atoms with Gasteiger partial charge in [0.15, 0.2) is 5.69 Å². The zero-order valence-electron chi connectivity index (χ0n) is 11.6. The second kappa shape index (κ2) is 5.92. The quantitative estimate of drug-likeness (QED) is 0.724. The van der Waals surface area contributed by atoms with E-state index in [-0.39, 0.29) is 18.4 Å². The highest BCUT2D eigenvalue weighted by Gasteiger charge is 2.18. The number of nitrogens with zero attached hydrogens (tertiary/aromatic N) is 2. The number of amides is 2. The lowest BCUT2D eigenvalue weighted by atomic mass is 10.2. The molecule has 1 aromatic heterocycles. The van der Waals surface area contributed by atoms with Crippen LogP contribution in [0.4, 0.5) is 0 Å². The summed E-state index contributed by atoms with van der Waals surface area (Å²) in [5, 5.41) is 13.4. The zero-order valence-corrected chi connectivity index (χ0v) is 11.6. The van der Waals surface area contributed by atoms with E-state index in [1.165, 1.54) is 0 Å². The summed E-state index contributed by atoms with van der Waals surface area (Å²) >= 11 is 0. The maximum absolute atomic E-state index is 12.1. The number of aromatic amines is 1. The first-order chi connectivity index (χ1) is 10.3. The largest absolute Gasteiger partial charge is 0.342 e. The van der Waals surface area contributed by atoms with Crippen molar-refractivity contribution in [2.24, 2.45) is 0 Å². The van der Waals surface area contributed by atoms with Crippen molar-refractivity contribution in [2.75, 3.05) is 32.7 Å². The van der Waals surface area contributed by atoms with E-state index in [1.54, 1.807) is 4.90 Å². The number of benzene rings is 1. The number of hydrogen-bond donors (Lipinski definition) is 3. The van der Waals surface area contributed by atoms with E-state index in [9.17, 15) is 9.59 Å². The molecule has 2 heterocycles. The minimum atomic E-state index is -0.337. The van der Waals surface area contributed by atoms with Crippen LogP contribution >= 0.6 is 0 Å². The van der Waals surface area contributed by atoms with Gasteiger partial charge in [-0.05, 0) is 6.07 Å². The van der Waals surface area contributed by atoms with Crippen LogP contribution in [-0.4, -0.2) is 59.6 Å². The van der Waals surface area contributed by atoms with Gasteiger partial charge in [0, 0.05) is 31.6 Å². The van der Waals surface area contributed by atoms with Crippen molar-refractivity contribution in [2.45, 2.75) is 0 Å². The van der Waals surface area contributed by atoms with Gasteiger partial charge < -0.3 is 15.5 Å². The summed E-state index contributed by atoms with van der Waals surface area (Å²) in [5.74, 6) is -0.402. The van der Waals surface area contributed by atoms with Gasteiger partial charge in [-0.1, -0.05) is 18.2 Å². The summed E-state index contributed by atoms with van der Waals surface area (Å²) in [5.41, 5.74) is 1.12. The number of carbonyl (C=O) groups excluding carboxylic acids is 2. The fraction of sp³-hybridized carbons (Fsp3) is 0.357. The number of carbonyl (C=O) groups is 2. The number of hydrogen-bond acceptors (Lipinski definition) is 4. The van der Waals surface area contributed by atoms with Gasteiger partial charge in [0.2, 0.25) is 5.91 Å². The Labute approximate surface area is 121 Å². The normalized spacial score (nSPS) is 15.1. The van der Waals surface area contributed by atoms with E-state index in [2.05, 4.69) is 20.8 Å². The molecule has 2 amide bonds. The molecule has 0 radical (unpaired) electrons. The first-order valence-corrected chi connectivity index (χ1v) is 6.95. The van der Waals surface area contributed by atoms with E-state index in [0.717, 1.165) is 24.0 Å². The summed E-state index contributed by atoms with van der Waals surface area (Å²) in [6, 6.07) is 7.40. The van der Waals surface area contributed by atoms with Crippen molar-refractivity contribution < 1.29 is 9.59 Å². The average molecular weight is 287 g/mol. The van der Waals surface area contributed by atoms with Gasteiger partial charge in [0.05, 0.1) is 12.1 Å². The molecule has 1 saturated heterocycles. The fourth-order valence-electron chi connectivity index (χ4n) is 2.40. The Morgan fingerprint density at radius 2 is 2.00 bits per heavy atom. The molecule has 1 fully saturated rings. The highest BCUT2D eigenvalue weighted by atomic mass is 16.2. The van der Waals surface area contributed by atoms with Gasteiger partial charge in [-0.15, -0.1) is 0 Å². The maximum atomic E-state index is 12.1. The lowest BCUT2D eigenvalue weighted by molar-refractivity contribution is -0.130. The molecule has 0 saturated carbocycles. The second-order valence-corrected chi connectivity index (χ2v) is 4.93. The number of para-hydroxylation sites is 1. The third kappa shape index (κ3) is 2.87. The summed E-state index contributed by atoms with van der Waals surface area (Å²) in [4.78, 5) is 25.9. The van der Waals surface area contributed by atoms with Crippen molar-refractivity contribution >= 4 is 22.7 Å². The van der Waals surface area contributed by atoms with E-state index < -0.39 is 0 Å². The first-order valence-electron chi connectivity index (χ1n) is 6.95. The average Bonchev–Trinajstić information content (AvgIpc) is 2.97. The molecule has 2 aromatic rings. The molecule has 1 aromatic carbocycles. The van der Waals surface area contributed by atoms with Gasteiger partial charge >= 0.3 is 0 Å². The molecular formula is C14H17N5O2. The van der Waals surface area contributed by atoms with Crippen LogP contribution in [0.3, 0.4) is 0 Å². The van der Waals surface area contributed by atoms with Crippen LogP contribution < -0.4 is 10.6 Å². The fourth-order valence-corrected chi connectivity index (χ4v) is 2.40. The summed E-state index contributed by atoms with van der Waals surface area (Å²) in [7, 11) is 0. The highest BCUT2D eigenvalue weighted by molar-refractivity contribution is 6.05. The van der Waals surface area contributed by atoms with Crippen LogP contribution in [0, 0.1) is 0 Å². The van der Waals surface area contributed by atoms with Gasteiger partial charge in [-0.25, -0.2) is 0 Å². The lowest BCUT2D eigenvalue weighted by Gasteiger charge is -2.27. The molecule has 0 spiro atoms. The Kier molecular flexibility index (Phi) is 3.83.